The number of nitrogens with zero attached hydrogens (tertiary/aromatic N) is 2. The zero-order chi connectivity index (χ0) is 33.5. The van der Waals surface area contributed by atoms with Crippen molar-refractivity contribution < 1.29 is 33.4 Å². The van der Waals surface area contributed by atoms with Crippen molar-refractivity contribution in [3.05, 3.63) is 29.3 Å². The molecule has 0 bridgehead atoms. The van der Waals surface area contributed by atoms with Crippen LogP contribution in [-0.2, 0) is 30.4 Å². The van der Waals surface area contributed by atoms with Crippen LogP contribution in [0.2, 0.25) is 0 Å². The quantitative estimate of drug-likeness (QED) is 0.178. The topological polar surface area (TPSA) is 127 Å². The highest BCUT2D eigenvalue weighted by Gasteiger charge is 2.33. The maximum Gasteiger partial charge on any atom is 0.255 e. The van der Waals surface area contributed by atoms with Gasteiger partial charge >= 0.3 is 0 Å². The van der Waals surface area contributed by atoms with Gasteiger partial charge in [-0.3, -0.25) is 14.5 Å². The summed E-state index contributed by atoms with van der Waals surface area (Å²) in [5, 5.41) is 5.89. The highest BCUT2D eigenvalue weighted by molar-refractivity contribution is 7.97. The van der Waals surface area contributed by atoms with E-state index < -0.39 is 6.04 Å². The van der Waals surface area contributed by atoms with E-state index in [4.69, 9.17) is 14.2 Å². The zero-order valence-electron chi connectivity index (χ0n) is 28.2. The van der Waals surface area contributed by atoms with Crippen molar-refractivity contribution in [2.45, 2.75) is 83.7 Å². The minimum absolute atomic E-state index is 0.0417. The number of hydrogen-bond acceptors (Lipinski definition) is 10. The van der Waals surface area contributed by atoms with Gasteiger partial charge in [0.25, 0.3) is 5.91 Å². The molecule has 0 aliphatic carbocycles. The lowest BCUT2D eigenvalue weighted by atomic mass is 10.1. The molecule has 3 rings (SSSR count). The van der Waals surface area contributed by atoms with Gasteiger partial charge in [-0.05, 0) is 84.0 Å². The van der Waals surface area contributed by atoms with Gasteiger partial charge in [0.15, 0.2) is 0 Å². The number of unbranched alkanes of at least 4 members (excludes halogenated alkanes) is 1. The fraction of sp³-hybridized carbons (Fsp3) is 0.688. The summed E-state index contributed by atoms with van der Waals surface area (Å²) >= 11 is 1.75. The highest BCUT2D eigenvalue weighted by atomic mass is 32.2. The summed E-state index contributed by atoms with van der Waals surface area (Å²) in [4.78, 5) is 48.6. The van der Waals surface area contributed by atoms with Gasteiger partial charge in [-0.15, -0.1) is 0 Å². The number of nitrogens with one attached hydrogen (secondary N) is 2. The van der Waals surface area contributed by atoms with Gasteiger partial charge in [-0.25, -0.2) is 0 Å². The zero-order valence-corrected chi connectivity index (χ0v) is 29.0. The Morgan fingerprint density at radius 3 is 2.36 bits per heavy atom. The largest absolute Gasteiger partial charge is 0.487 e. The SMILES string of the molecule is CCCCOCN(C)C.COC(C)(C)C.CSC.O=CCCC(C=O)N1Cc2cc(O[C@H]3CNCC3NC=O)ccc2C1=O. The molecular weight excluding hydrogens is 584 g/mol. The Morgan fingerprint density at radius 2 is 1.84 bits per heavy atom. The molecule has 2 heterocycles. The lowest BCUT2D eigenvalue weighted by Crippen LogP contribution is -2.41. The van der Waals surface area contributed by atoms with Gasteiger partial charge in [0, 0.05) is 45.3 Å². The number of carbonyl (C=O) groups is 4. The number of thioether (sulfide) groups is 1. The van der Waals surface area contributed by atoms with E-state index in [9.17, 15) is 19.2 Å². The van der Waals surface area contributed by atoms with Gasteiger partial charge < -0.3 is 39.3 Å². The van der Waals surface area contributed by atoms with Crippen LogP contribution >= 0.6 is 11.8 Å². The predicted octanol–water partition coefficient (Wildman–Crippen LogP) is 3.39. The van der Waals surface area contributed by atoms with Gasteiger partial charge in [0.2, 0.25) is 6.41 Å². The average molecular weight is 641 g/mol. The molecule has 11 nitrogen and oxygen atoms in total. The molecule has 3 atom stereocenters. The molecule has 1 saturated heterocycles. The summed E-state index contributed by atoms with van der Waals surface area (Å²) in [6.45, 7) is 11.4. The van der Waals surface area contributed by atoms with Gasteiger partial charge in [-0.2, -0.15) is 11.8 Å². The number of benzene rings is 1. The number of methoxy groups -OCH3 is 1. The van der Waals surface area contributed by atoms with Gasteiger partial charge in [-0.1, -0.05) is 13.3 Å². The molecule has 2 aliphatic rings. The minimum Gasteiger partial charge on any atom is -0.487 e. The second-order valence-corrected chi connectivity index (χ2v) is 12.4. The van der Waals surface area contributed by atoms with Gasteiger partial charge in [0.1, 0.15) is 24.4 Å². The monoisotopic (exact) mass is 640 g/mol. The third kappa shape index (κ3) is 17.1. The molecule has 1 fully saturated rings. The van der Waals surface area contributed by atoms with Crippen LogP contribution in [0.3, 0.4) is 0 Å². The van der Waals surface area contributed by atoms with Crippen LogP contribution in [0, 0.1) is 0 Å². The molecule has 12 heteroatoms. The lowest BCUT2D eigenvalue weighted by molar-refractivity contribution is -0.113. The molecule has 44 heavy (non-hydrogen) atoms. The summed E-state index contributed by atoms with van der Waals surface area (Å²) in [7, 11) is 5.72. The Morgan fingerprint density at radius 1 is 1.18 bits per heavy atom. The first kappa shape index (κ1) is 41.5. The maximum absolute atomic E-state index is 12.5. The Kier molecular flexibility index (Phi) is 22.5. The maximum atomic E-state index is 12.5. The van der Waals surface area contributed by atoms with Crippen LogP contribution in [0.25, 0.3) is 0 Å². The standard InChI is InChI=1S/C18H21N3O5.C7H17NO.C5H12O.C2H6S/c22-5-1-2-13(10-23)21-9-12-6-14(3-4-15(12)18(21)25)26-17-8-19-7-16(17)20-11-24;1-4-5-6-9-7-8(2)3;1-5(2,3)6-4;1-3-2/h3-6,10-11,13,16-17,19H,1-2,7-9H2,(H,20,24);4-7H2,1-3H3;1-4H3;1-2H3/t13?,16?,17-;;;/m0.../s1. The number of carbonyl (C=O) groups excluding carboxylic acids is 4. The number of fused-ring (bicyclic) bond motifs is 1. The number of hydrogen-bond donors (Lipinski definition) is 2. The Bertz CT molecular complexity index is 959. The van der Waals surface area contributed by atoms with E-state index in [2.05, 4.69) is 17.6 Å². The third-order valence-corrected chi connectivity index (χ3v) is 6.38. The predicted molar refractivity (Wildman–Crippen MR) is 177 cm³/mol. The molecule has 2 unspecified atom stereocenters. The number of rotatable bonds is 14. The molecule has 2 amide bonds. The van der Waals surface area contributed by atoms with Crippen LogP contribution in [0.15, 0.2) is 18.2 Å². The fourth-order valence-corrected chi connectivity index (χ4v) is 3.90. The first-order valence-electron chi connectivity index (χ1n) is 15.0. The second-order valence-electron chi connectivity index (χ2n) is 11.6. The lowest BCUT2D eigenvalue weighted by Gasteiger charge is -2.22. The average Bonchev–Trinajstić information content (AvgIpc) is 3.55. The molecule has 252 valence electrons. The van der Waals surface area contributed by atoms with Crippen molar-refractivity contribution in [3.63, 3.8) is 0 Å². The first-order valence-corrected chi connectivity index (χ1v) is 16.6. The van der Waals surface area contributed by atoms with E-state index in [1.165, 1.54) is 17.7 Å². The molecule has 1 aromatic carbocycles. The van der Waals surface area contributed by atoms with Gasteiger partial charge in [0.05, 0.1) is 24.4 Å². The van der Waals surface area contributed by atoms with Crippen molar-refractivity contribution in [1.29, 1.82) is 0 Å². The van der Waals surface area contributed by atoms with Crippen LogP contribution in [0.1, 0.15) is 69.3 Å². The number of amides is 2. The molecule has 0 saturated carbocycles. The number of aldehydes is 2. The van der Waals surface area contributed by atoms with Crippen LogP contribution in [0.4, 0.5) is 0 Å². The Balaban J connectivity index is 0.000000845. The first-order chi connectivity index (χ1) is 20.9. The highest BCUT2D eigenvalue weighted by Crippen LogP contribution is 2.29. The molecule has 0 aromatic heterocycles. The van der Waals surface area contributed by atoms with Crippen LogP contribution < -0.4 is 15.4 Å². The minimum atomic E-state index is -0.607. The molecule has 0 spiro atoms. The normalized spacial score (nSPS) is 17.6. The van der Waals surface area contributed by atoms with Crippen molar-refractivity contribution in [2.75, 3.05) is 60.1 Å². The molecule has 1 aromatic rings. The summed E-state index contributed by atoms with van der Waals surface area (Å²) in [6, 6.07) is 4.49. The molecular formula is C32H56N4O7S. The number of ether oxygens (including phenoxy) is 3. The van der Waals surface area contributed by atoms with E-state index in [0.29, 0.717) is 50.1 Å². The van der Waals surface area contributed by atoms with Crippen molar-refractivity contribution in [3.8, 4) is 5.75 Å². The fourth-order valence-electron chi connectivity index (χ4n) is 3.90. The van der Waals surface area contributed by atoms with E-state index in [0.717, 1.165) is 25.2 Å². The smallest absolute Gasteiger partial charge is 0.255 e. The Hall–Kier alpha value is -2.51. The van der Waals surface area contributed by atoms with E-state index in [1.807, 2.05) is 52.3 Å². The van der Waals surface area contributed by atoms with Crippen LogP contribution in [-0.4, -0.2) is 119 Å². The summed E-state index contributed by atoms with van der Waals surface area (Å²) < 4.78 is 16.2. The summed E-state index contributed by atoms with van der Waals surface area (Å²) in [5.74, 6) is 0.401. The summed E-state index contributed by atoms with van der Waals surface area (Å²) in [6.07, 6.45) is 8.95. The van der Waals surface area contributed by atoms with Crippen molar-refractivity contribution in [1.82, 2.24) is 20.4 Å². The molecule has 0 radical (unpaired) electrons. The third-order valence-electron chi connectivity index (χ3n) is 6.38. The Labute approximate surface area is 269 Å². The second kappa shape index (κ2) is 23.8. The van der Waals surface area contributed by atoms with Crippen LogP contribution in [0.5, 0.6) is 5.75 Å². The van der Waals surface area contributed by atoms with Crippen molar-refractivity contribution in [2.24, 2.45) is 0 Å². The molecule has 2 aliphatic heterocycles. The van der Waals surface area contributed by atoms with E-state index in [1.54, 1.807) is 37.1 Å². The van der Waals surface area contributed by atoms with Crippen molar-refractivity contribution >= 4 is 36.7 Å². The van der Waals surface area contributed by atoms with E-state index in [-0.39, 0.29) is 30.1 Å². The summed E-state index contributed by atoms with van der Waals surface area (Å²) in [5.41, 5.74) is 1.37. The van der Waals surface area contributed by atoms with E-state index >= 15 is 0 Å². The molecule has 2 N–H and O–H groups in total.